The van der Waals surface area contributed by atoms with Gasteiger partial charge in [0.1, 0.15) is 5.54 Å². The second kappa shape index (κ2) is 7.56. The molecule has 0 aliphatic carbocycles. The number of hydrogen-bond acceptors (Lipinski definition) is 4. The van der Waals surface area contributed by atoms with Gasteiger partial charge in [-0.25, -0.2) is 0 Å². The smallest absolute Gasteiger partial charge is 0.326 e. The number of hydrogen-bond donors (Lipinski definition) is 1. The normalized spacial score (nSPS) is 13.9. The molecule has 0 fully saturated rings. The quantitative estimate of drug-likeness (QED) is 0.616. The van der Waals surface area contributed by atoms with E-state index in [4.69, 9.17) is 4.74 Å². The molecule has 1 unspecified atom stereocenters. The maximum Gasteiger partial charge on any atom is 0.326 e. The first-order valence-electron chi connectivity index (χ1n) is 6.58. The van der Waals surface area contributed by atoms with Gasteiger partial charge in [-0.2, -0.15) is 0 Å². The molecule has 0 spiro atoms. The van der Waals surface area contributed by atoms with E-state index in [1.165, 1.54) is 10.5 Å². The summed E-state index contributed by atoms with van der Waals surface area (Å²) < 4.78 is 5.11. The fraction of sp³-hybridized carbons (Fsp3) is 0.533. The molecule has 0 heterocycles. The predicted molar refractivity (Wildman–Crippen MR) is 80.6 cm³/mol. The lowest BCUT2D eigenvalue weighted by molar-refractivity contribution is -0.150. The van der Waals surface area contributed by atoms with Crippen molar-refractivity contribution in [3.63, 3.8) is 0 Å². The first kappa shape index (κ1) is 16.1. The summed E-state index contributed by atoms with van der Waals surface area (Å²) in [5, 5.41) is 3.08. The van der Waals surface area contributed by atoms with E-state index in [9.17, 15) is 4.79 Å². The molecule has 1 N–H and O–H groups in total. The van der Waals surface area contributed by atoms with Crippen molar-refractivity contribution in [2.24, 2.45) is 0 Å². The molecule has 0 aromatic heterocycles. The van der Waals surface area contributed by atoms with Gasteiger partial charge in [-0.05, 0) is 45.9 Å². The number of likely N-dealkylation sites (N-methyl/N-ethyl adjacent to an activating group) is 1. The predicted octanol–water partition coefficient (Wildman–Crippen LogP) is 3.02. The molecule has 1 atom stereocenters. The lowest BCUT2D eigenvalue weighted by Crippen LogP contribution is -2.49. The summed E-state index contributed by atoms with van der Waals surface area (Å²) in [7, 11) is 1.80. The minimum atomic E-state index is -0.605. The number of esters is 1. The number of ether oxygens (including phenoxy) is 1. The number of aryl methyl sites for hydroxylation is 1. The highest BCUT2D eigenvalue weighted by Gasteiger charge is 2.32. The van der Waals surface area contributed by atoms with Crippen LogP contribution in [0.2, 0.25) is 0 Å². The highest BCUT2D eigenvalue weighted by atomic mass is 32.2. The lowest BCUT2D eigenvalue weighted by atomic mass is 10.00. The highest BCUT2D eigenvalue weighted by molar-refractivity contribution is 7.99. The summed E-state index contributed by atoms with van der Waals surface area (Å²) in [5.41, 5.74) is 0.667. The summed E-state index contributed by atoms with van der Waals surface area (Å²) in [6.07, 6.45) is 0.737. The van der Waals surface area contributed by atoms with E-state index < -0.39 is 5.54 Å². The molecule has 1 aromatic rings. The Hall–Kier alpha value is -1.00. The molecule has 4 heteroatoms. The maximum absolute atomic E-state index is 11.9. The second-order valence-electron chi connectivity index (χ2n) is 4.67. The van der Waals surface area contributed by atoms with E-state index in [0.29, 0.717) is 6.61 Å². The van der Waals surface area contributed by atoms with Gasteiger partial charge >= 0.3 is 5.97 Å². The third kappa shape index (κ3) is 4.55. The van der Waals surface area contributed by atoms with Crippen LogP contribution in [-0.4, -0.2) is 30.9 Å². The summed E-state index contributed by atoms with van der Waals surface area (Å²) >= 11 is 1.78. The number of carbonyl (C=O) groups excluding carboxylic acids is 1. The largest absolute Gasteiger partial charge is 0.465 e. The standard InChI is InChI=1S/C15H23NO2S/c1-5-18-14(17)15(3,16-4)10-11-19-13-9-7-6-8-12(13)2/h6-9,16H,5,10-11H2,1-4H3. The molecule has 106 valence electrons. The van der Waals surface area contributed by atoms with Crippen LogP contribution in [0.1, 0.15) is 25.8 Å². The van der Waals surface area contributed by atoms with Gasteiger partial charge in [-0.3, -0.25) is 4.79 Å². The van der Waals surface area contributed by atoms with Gasteiger partial charge in [0.05, 0.1) is 6.61 Å². The Balaban J connectivity index is 2.55. The van der Waals surface area contributed by atoms with E-state index in [1.807, 2.05) is 26.0 Å². The van der Waals surface area contributed by atoms with Gasteiger partial charge in [0, 0.05) is 10.6 Å². The first-order chi connectivity index (χ1) is 9.03. The molecule has 0 radical (unpaired) electrons. The molecular formula is C15H23NO2S. The molecule has 1 aromatic carbocycles. The maximum atomic E-state index is 11.9. The van der Waals surface area contributed by atoms with Gasteiger partial charge < -0.3 is 10.1 Å². The average molecular weight is 281 g/mol. The Labute approximate surface area is 120 Å². The van der Waals surface area contributed by atoms with E-state index >= 15 is 0 Å². The molecule has 0 saturated heterocycles. The van der Waals surface area contributed by atoms with Crippen LogP contribution < -0.4 is 5.32 Å². The molecule has 0 saturated carbocycles. The van der Waals surface area contributed by atoms with Crippen LogP contribution in [0.3, 0.4) is 0 Å². The first-order valence-corrected chi connectivity index (χ1v) is 7.56. The van der Waals surface area contributed by atoms with Crippen LogP contribution in [0.5, 0.6) is 0 Å². The zero-order valence-corrected chi connectivity index (χ0v) is 13.0. The van der Waals surface area contributed by atoms with Crippen molar-refractivity contribution in [1.29, 1.82) is 0 Å². The molecule has 0 bridgehead atoms. The monoisotopic (exact) mass is 281 g/mol. The fourth-order valence-corrected chi connectivity index (χ4v) is 2.90. The number of carbonyl (C=O) groups is 1. The Morgan fingerprint density at radius 1 is 1.42 bits per heavy atom. The zero-order chi connectivity index (χ0) is 14.3. The third-order valence-corrected chi connectivity index (χ3v) is 4.41. The van der Waals surface area contributed by atoms with E-state index in [0.717, 1.165) is 12.2 Å². The minimum absolute atomic E-state index is 0.178. The summed E-state index contributed by atoms with van der Waals surface area (Å²) in [4.78, 5) is 13.2. The molecular weight excluding hydrogens is 258 g/mol. The van der Waals surface area contributed by atoms with Gasteiger partial charge in [-0.15, -0.1) is 11.8 Å². The fourth-order valence-electron chi connectivity index (χ4n) is 1.70. The summed E-state index contributed by atoms with van der Waals surface area (Å²) in [6.45, 7) is 6.24. The molecule has 19 heavy (non-hydrogen) atoms. The molecule has 0 aliphatic rings. The summed E-state index contributed by atoms with van der Waals surface area (Å²) in [6, 6.07) is 8.29. The number of rotatable bonds is 7. The van der Waals surface area contributed by atoms with Gasteiger partial charge in [0.2, 0.25) is 0 Å². The minimum Gasteiger partial charge on any atom is -0.465 e. The lowest BCUT2D eigenvalue weighted by Gasteiger charge is -2.26. The van der Waals surface area contributed by atoms with Crippen molar-refractivity contribution in [1.82, 2.24) is 5.32 Å². The molecule has 0 amide bonds. The van der Waals surface area contributed by atoms with E-state index in [2.05, 4.69) is 24.4 Å². The highest BCUT2D eigenvalue weighted by Crippen LogP contribution is 2.25. The summed E-state index contributed by atoms with van der Waals surface area (Å²) in [5.74, 6) is 0.698. The van der Waals surface area contributed by atoms with Crippen molar-refractivity contribution in [2.75, 3.05) is 19.4 Å². The van der Waals surface area contributed by atoms with Crippen LogP contribution in [0, 0.1) is 6.92 Å². The van der Waals surface area contributed by atoms with Crippen molar-refractivity contribution >= 4 is 17.7 Å². The Bertz CT molecular complexity index is 422. The molecule has 3 nitrogen and oxygen atoms in total. The van der Waals surface area contributed by atoms with Gasteiger partial charge in [0.15, 0.2) is 0 Å². The molecule has 1 rings (SSSR count). The number of benzene rings is 1. The third-order valence-electron chi connectivity index (χ3n) is 3.23. The van der Waals surface area contributed by atoms with Crippen LogP contribution >= 0.6 is 11.8 Å². The van der Waals surface area contributed by atoms with Crippen LogP contribution in [-0.2, 0) is 9.53 Å². The van der Waals surface area contributed by atoms with Crippen molar-refractivity contribution in [2.45, 2.75) is 37.6 Å². The number of nitrogens with one attached hydrogen (secondary N) is 1. The van der Waals surface area contributed by atoms with E-state index in [1.54, 1.807) is 18.8 Å². The van der Waals surface area contributed by atoms with Crippen molar-refractivity contribution in [3.05, 3.63) is 29.8 Å². The Morgan fingerprint density at radius 2 is 2.11 bits per heavy atom. The Morgan fingerprint density at radius 3 is 2.68 bits per heavy atom. The zero-order valence-electron chi connectivity index (χ0n) is 12.2. The average Bonchev–Trinajstić information content (AvgIpc) is 2.41. The molecule has 0 aliphatic heterocycles. The second-order valence-corrected chi connectivity index (χ2v) is 5.80. The van der Waals surface area contributed by atoms with Crippen molar-refractivity contribution in [3.8, 4) is 0 Å². The van der Waals surface area contributed by atoms with E-state index in [-0.39, 0.29) is 5.97 Å². The van der Waals surface area contributed by atoms with Gasteiger partial charge in [0.25, 0.3) is 0 Å². The topological polar surface area (TPSA) is 38.3 Å². The van der Waals surface area contributed by atoms with Gasteiger partial charge in [-0.1, -0.05) is 18.2 Å². The Kier molecular flexibility index (Phi) is 6.38. The van der Waals surface area contributed by atoms with Crippen LogP contribution in [0.15, 0.2) is 29.2 Å². The SMILES string of the molecule is CCOC(=O)C(C)(CCSc1ccccc1C)NC. The van der Waals surface area contributed by atoms with Crippen LogP contribution in [0.4, 0.5) is 0 Å². The number of thioether (sulfide) groups is 1. The van der Waals surface area contributed by atoms with Crippen LogP contribution in [0.25, 0.3) is 0 Å². The van der Waals surface area contributed by atoms with Crippen molar-refractivity contribution < 1.29 is 9.53 Å².